The molecule has 71 heavy (non-hydrogen) atoms. The van der Waals surface area contributed by atoms with Crippen LogP contribution >= 0.6 is 0 Å². The van der Waals surface area contributed by atoms with Crippen molar-refractivity contribution in [3.8, 4) is 0 Å². The molecule has 0 aliphatic carbocycles. The van der Waals surface area contributed by atoms with E-state index in [2.05, 4.69) is 31.3 Å². The quantitative estimate of drug-likeness (QED) is 0.0320. The molecule has 422 valence electrons. The fourth-order valence-corrected chi connectivity index (χ4v) is 10.3. The van der Waals surface area contributed by atoms with Gasteiger partial charge in [-0.15, -0.1) is 0 Å². The van der Waals surface area contributed by atoms with Crippen LogP contribution in [0.1, 0.15) is 367 Å². The number of esters is 1. The lowest BCUT2D eigenvalue weighted by Gasteiger charge is -2.22. The van der Waals surface area contributed by atoms with Crippen LogP contribution < -0.4 is 5.32 Å². The number of hydrogen-bond donors (Lipinski definition) is 3. The summed E-state index contributed by atoms with van der Waals surface area (Å²) in [5.41, 5.74) is 0. The van der Waals surface area contributed by atoms with Gasteiger partial charge in [-0.05, 0) is 51.4 Å². The molecule has 3 N–H and O–H groups in total. The number of rotatable bonds is 61. The summed E-state index contributed by atoms with van der Waals surface area (Å²) in [6, 6.07) is -0.547. The second kappa shape index (κ2) is 61.1. The molecule has 1 amide bonds. The van der Waals surface area contributed by atoms with E-state index in [0.29, 0.717) is 25.9 Å². The maximum Gasteiger partial charge on any atom is 0.305 e. The highest BCUT2D eigenvalue weighted by Crippen LogP contribution is 2.18. The summed E-state index contributed by atoms with van der Waals surface area (Å²) in [7, 11) is 0. The molecule has 0 aromatic carbocycles. The van der Waals surface area contributed by atoms with Crippen molar-refractivity contribution in [1.82, 2.24) is 5.32 Å². The molecule has 0 fully saturated rings. The van der Waals surface area contributed by atoms with Crippen LogP contribution in [0.2, 0.25) is 0 Å². The zero-order valence-corrected chi connectivity index (χ0v) is 48.2. The standard InChI is InChI=1S/C65H127NO5/c1-3-5-7-9-11-13-15-17-19-26-29-33-37-41-45-49-53-57-63(68)62(61-67)66-64(69)58-54-50-46-42-38-34-30-27-24-22-21-23-25-28-32-36-40-44-48-52-56-60-71-65(70)59-55-51-47-43-39-35-31-20-18-16-14-12-10-8-6-4-2/h22,24,62-63,67-68H,3-21,23,25-61H2,1-2H3,(H,66,69)/b24-22-. The molecule has 0 aliphatic rings. The molecule has 6 heteroatoms. The van der Waals surface area contributed by atoms with E-state index in [4.69, 9.17) is 4.74 Å². The Morgan fingerprint density at radius 3 is 1.00 bits per heavy atom. The highest BCUT2D eigenvalue weighted by atomic mass is 16.5. The van der Waals surface area contributed by atoms with Gasteiger partial charge in [0.2, 0.25) is 5.91 Å². The third kappa shape index (κ3) is 57.7. The molecule has 0 heterocycles. The normalized spacial score (nSPS) is 12.6. The second-order valence-corrected chi connectivity index (χ2v) is 22.5. The van der Waals surface area contributed by atoms with Gasteiger partial charge in [-0.1, -0.05) is 315 Å². The third-order valence-corrected chi connectivity index (χ3v) is 15.3. The van der Waals surface area contributed by atoms with Crippen molar-refractivity contribution in [3.05, 3.63) is 12.2 Å². The Morgan fingerprint density at radius 2 is 0.662 bits per heavy atom. The van der Waals surface area contributed by atoms with Gasteiger partial charge in [0.1, 0.15) is 0 Å². The average Bonchev–Trinajstić information content (AvgIpc) is 3.37. The van der Waals surface area contributed by atoms with Gasteiger partial charge in [0.25, 0.3) is 0 Å². The first-order valence-electron chi connectivity index (χ1n) is 32.4. The maximum absolute atomic E-state index is 12.5. The van der Waals surface area contributed by atoms with Crippen LogP contribution in [0.4, 0.5) is 0 Å². The van der Waals surface area contributed by atoms with Crippen LogP contribution in [-0.2, 0) is 14.3 Å². The molecule has 0 saturated heterocycles. The zero-order valence-electron chi connectivity index (χ0n) is 48.2. The number of unbranched alkanes of at least 4 members (excludes halogenated alkanes) is 48. The summed E-state index contributed by atoms with van der Waals surface area (Å²) in [5.74, 6) is -0.0268. The van der Waals surface area contributed by atoms with Gasteiger partial charge in [0.05, 0.1) is 25.4 Å². The van der Waals surface area contributed by atoms with Gasteiger partial charge in [0, 0.05) is 12.8 Å². The van der Waals surface area contributed by atoms with Gasteiger partial charge >= 0.3 is 5.97 Å². The minimum absolute atomic E-state index is 0.0126. The van der Waals surface area contributed by atoms with E-state index in [9.17, 15) is 19.8 Å². The SMILES string of the molecule is CCCCCCCCCCCCCCCCCCCC(O)C(CO)NC(=O)CCCCCCCCC/C=C\CCCCCCCCCCCCOC(=O)CCCCCCCCCCCCCCCCCC. The zero-order chi connectivity index (χ0) is 51.4. The molecule has 2 unspecified atom stereocenters. The van der Waals surface area contributed by atoms with Gasteiger partial charge in [-0.2, -0.15) is 0 Å². The molecule has 0 aromatic heterocycles. The maximum atomic E-state index is 12.5. The number of allylic oxidation sites excluding steroid dienone is 2. The largest absolute Gasteiger partial charge is 0.466 e. The van der Waals surface area contributed by atoms with E-state index in [1.54, 1.807) is 0 Å². The smallest absolute Gasteiger partial charge is 0.305 e. The second-order valence-electron chi connectivity index (χ2n) is 22.5. The van der Waals surface area contributed by atoms with Crippen molar-refractivity contribution in [1.29, 1.82) is 0 Å². The van der Waals surface area contributed by atoms with Crippen LogP contribution in [0.15, 0.2) is 12.2 Å². The molecule has 0 aromatic rings. The molecule has 6 nitrogen and oxygen atoms in total. The van der Waals surface area contributed by atoms with Crippen LogP contribution in [0, 0.1) is 0 Å². The van der Waals surface area contributed by atoms with Crippen molar-refractivity contribution in [2.45, 2.75) is 379 Å². The number of aliphatic hydroxyl groups excluding tert-OH is 2. The van der Waals surface area contributed by atoms with E-state index in [-0.39, 0.29) is 18.5 Å². The van der Waals surface area contributed by atoms with Crippen LogP contribution in [0.25, 0.3) is 0 Å². The van der Waals surface area contributed by atoms with Gasteiger partial charge in [0.15, 0.2) is 0 Å². The summed E-state index contributed by atoms with van der Waals surface area (Å²) in [6.45, 7) is 4.98. The summed E-state index contributed by atoms with van der Waals surface area (Å²) < 4.78 is 5.49. The van der Waals surface area contributed by atoms with Gasteiger partial charge in [-0.25, -0.2) is 0 Å². The number of aliphatic hydroxyl groups is 2. The topological polar surface area (TPSA) is 95.9 Å². The Bertz CT molecular complexity index is 1060. The predicted molar refractivity (Wildman–Crippen MR) is 310 cm³/mol. The molecule has 0 radical (unpaired) electrons. The number of carbonyl (C=O) groups excluding carboxylic acids is 2. The molecule has 0 spiro atoms. The number of hydrogen-bond acceptors (Lipinski definition) is 5. The summed E-state index contributed by atoms with van der Waals surface area (Å²) in [5, 5.41) is 23.3. The van der Waals surface area contributed by atoms with E-state index in [0.717, 1.165) is 38.5 Å². The summed E-state index contributed by atoms with van der Waals surface area (Å²) in [6.07, 6.45) is 73.7. The van der Waals surface area contributed by atoms with Crippen molar-refractivity contribution in [2.24, 2.45) is 0 Å². The Labute approximate surface area is 444 Å². The van der Waals surface area contributed by atoms with Crippen molar-refractivity contribution in [3.63, 3.8) is 0 Å². The molecule has 0 aliphatic heterocycles. The Balaban J connectivity index is 3.40. The lowest BCUT2D eigenvalue weighted by molar-refractivity contribution is -0.143. The summed E-state index contributed by atoms with van der Waals surface area (Å²) in [4.78, 5) is 24.6. The Morgan fingerprint density at radius 1 is 0.380 bits per heavy atom. The Hall–Kier alpha value is -1.40. The minimum Gasteiger partial charge on any atom is -0.466 e. The van der Waals surface area contributed by atoms with E-state index < -0.39 is 12.1 Å². The molecule has 2 atom stereocenters. The van der Waals surface area contributed by atoms with Crippen LogP contribution in [0.3, 0.4) is 0 Å². The van der Waals surface area contributed by atoms with Crippen LogP contribution in [-0.4, -0.2) is 47.4 Å². The fourth-order valence-electron chi connectivity index (χ4n) is 10.3. The molecular weight excluding hydrogens is 875 g/mol. The highest BCUT2D eigenvalue weighted by Gasteiger charge is 2.20. The molecule has 0 rings (SSSR count). The first kappa shape index (κ1) is 69.6. The number of nitrogens with one attached hydrogen (secondary N) is 1. The first-order valence-corrected chi connectivity index (χ1v) is 32.4. The molecule has 0 saturated carbocycles. The third-order valence-electron chi connectivity index (χ3n) is 15.3. The predicted octanol–water partition coefficient (Wildman–Crippen LogP) is 20.4. The van der Waals surface area contributed by atoms with E-state index >= 15 is 0 Å². The molecular formula is C65H127NO5. The lowest BCUT2D eigenvalue weighted by atomic mass is 10.0. The van der Waals surface area contributed by atoms with Gasteiger partial charge in [-0.3, -0.25) is 9.59 Å². The van der Waals surface area contributed by atoms with Crippen molar-refractivity contribution >= 4 is 11.9 Å². The monoisotopic (exact) mass is 1000 g/mol. The number of carbonyl (C=O) groups is 2. The average molecular weight is 1000 g/mol. The van der Waals surface area contributed by atoms with E-state index in [1.165, 1.54) is 295 Å². The highest BCUT2D eigenvalue weighted by molar-refractivity contribution is 5.76. The van der Waals surface area contributed by atoms with Crippen LogP contribution in [0.5, 0.6) is 0 Å². The van der Waals surface area contributed by atoms with Crippen molar-refractivity contribution in [2.75, 3.05) is 13.2 Å². The van der Waals surface area contributed by atoms with E-state index in [1.807, 2.05) is 0 Å². The number of ether oxygens (including phenoxy) is 1. The Kier molecular flexibility index (Phi) is 59.9. The van der Waals surface area contributed by atoms with Crippen molar-refractivity contribution < 1.29 is 24.5 Å². The number of amides is 1. The van der Waals surface area contributed by atoms with Gasteiger partial charge < -0.3 is 20.3 Å². The lowest BCUT2D eigenvalue weighted by Crippen LogP contribution is -2.45. The summed E-state index contributed by atoms with van der Waals surface area (Å²) >= 11 is 0. The molecule has 0 bridgehead atoms. The fraction of sp³-hybridized carbons (Fsp3) is 0.938. The first-order chi connectivity index (χ1) is 35.0. The minimum atomic E-state index is -0.669.